The van der Waals surface area contributed by atoms with Crippen molar-refractivity contribution in [1.82, 2.24) is 15.5 Å². The van der Waals surface area contributed by atoms with Crippen molar-refractivity contribution >= 4 is 0 Å². The molecule has 0 amide bonds. The smallest absolute Gasteiger partial charge is 0.231 e. The van der Waals surface area contributed by atoms with E-state index in [2.05, 4.69) is 48.4 Å². The van der Waals surface area contributed by atoms with Gasteiger partial charge in [0.1, 0.15) is 0 Å². The van der Waals surface area contributed by atoms with Crippen LogP contribution >= 0.6 is 0 Å². The Morgan fingerprint density at radius 3 is 2.48 bits per heavy atom. The van der Waals surface area contributed by atoms with E-state index in [4.69, 9.17) is 4.52 Å². The molecule has 2 rings (SSSR count). The predicted molar refractivity (Wildman–Crippen MR) is 84.1 cm³/mol. The van der Waals surface area contributed by atoms with Gasteiger partial charge < -0.3 is 9.84 Å². The molecule has 0 radical (unpaired) electrons. The molecule has 0 aliphatic heterocycles. The number of aromatic nitrogens is 2. The summed E-state index contributed by atoms with van der Waals surface area (Å²) in [7, 11) is 1.96. The lowest BCUT2D eigenvalue weighted by atomic mass is 9.94. The second-order valence-corrected chi connectivity index (χ2v) is 5.95. The Hall–Kier alpha value is -1.68. The van der Waals surface area contributed by atoms with E-state index in [0.29, 0.717) is 11.8 Å². The molecule has 1 N–H and O–H groups in total. The average molecular weight is 287 g/mol. The Kier molecular flexibility index (Phi) is 5.51. The summed E-state index contributed by atoms with van der Waals surface area (Å²) in [5.74, 6) is 2.31. The molecule has 1 aromatic carbocycles. The number of aryl methyl sites for hydroxylation is 1. The van der Waals surface area contributed by atoms with Gasteiger partial charge >= 0.3 is 0 Å². The highest BCUT2D eigenvalue weighted by Gasteiger charge is 2.24. The molecule has 0 aliphatic carbocycles. The Balaban J connectivity index is 2.09. The predicted octanol–water partition coefficient (Wildman–Crippen LogP) is 3.72. The van der Waals surface area contributed by atoms with Crippen LogP contribution in [0.5, 0.6) is 0 Å². The topological polar surface area (TPSA) is 51.0 Å². The van der Waals surface area contributed by atoms with Crippen molar-refractivity contribution in [1.29, 1.82) is 0 Å². The Labute approximate surface area is 127 Å². The standard InChI is InChI=1S/C17H25N3O/c1-12(2)10-11-15-19-17(21-20-15)13(3)16(18-4)14-8-6-5-7-9-14/h5-9,12-13,16,18H,10-11H2,1-4H3. The second-order valence-electron chi connectivity index (χ2n) is 5.95. The van der Waals surface area contributed by atoms with Gasteiger partial charge in [-0.1, -0.05) is 56.3 Å². The summed E-state index contributed by atoms with van der Waals surface area (Å²) < 4.78 is 5.46. The van der Waals surface area contributed by atoms with Crippen molar-refractivity contribution in [3.8, 4) is 0 Å². The van der Waals surface area contributed by atoms with E-state index in [1.165, 1.54) is 5.56 Å². The molecule has 1 heterocycles. The Morgan fingerprint density at radius 1 is 1.14 bits per heavy atom. The van der Waals surface area contributed by atoms with Crippen LogP contribution in [0.1, 0.15) is 56.4 Å². The monoisotopic (exact) mass is 287 g/mol. The molecule has 0 aliphatic rings. The van der Waals surface area contributed by atoms with Gasteiger partial charge in [-0.05, 0) is 24.9 Å². The first-order chi connectivity index (χ1) is 10.1. The van der Waals surface area contributed by atoms with E-state index in [-0.39, 0.29) is 12.0 Å². The van der Waals surface area contributed by atoms with Gasteiger partial charge in [-0.15, -0.1) is 0 Å². The van der Waals surface area contributed by atoms with Gasteiger partial charge in [0.25, 0.3) is 0 Å². The molecule has 2 atom stereocenters. The van der Waals surface area contributed by atoms with Gasteiger partial charge in [-0.3, -0.25) is 0 Å². The van der Waals surface area contributed by atoms with Crippen LogP contribution < -0.4 is 5.32 Å². The zero-order valence-electron chi connectivity index (χ0n) is 13.3. The summed E-state index contributed by atoms with van der Waals surface area (Å²) in [5.41, 5.74) is 1.23. The molecule has 2 unspecified atom stereocenters. The quantitative estimate of drug-likeness (QED) is 0.843. The maximum atomic E-state index is 5.46. The third kappa shape index (κ3) is 4.14. The molecule has 4 nitrogen and oxygen atoms in total. The maximum absolute atomic E-state index is 5.46. The first kappa shape index (κ1) is 15.7. The fraction of sp³-hybridized carbons (Fsp3) is 0.529. The summed E-state index contributed by atoms with van der Waals surface area (Å²) in [6.45, 7) is 6.53. The molecule has 0 fully saturated rings. The minimum atomic E-state index is 0.137. The van der Waals surface area contributed by atoms with Crippen LogP contribution in [0, 0.1) is 5.92 Å². The van der Waals surface area contributed by atoms with Crippen LogP contribution in [0.2, 0.25) is 0 Å². The normalized spacial score (nSPS) is 14.3. The van der Waals surface area contributed by atoms with Crippen molar-refractivity contribution in [2.24, 2.45) is 5.92 Å². The molecule has 114 valence electrons. The minimum Gasteiger partial charge on any atom is -0.339 e. The first-order valence-electron chi connectivity index (χ1n) is 7.66. The van der Waals surface area contributed by atoms with Crippen LogP contribution in [0.4, 0.5) is 0 Å². The van der Waals surface area contributed by atoms with Crippen LogP contribution in [-0.2, 0) is 6.42 Å². The lowest BCUT2D eigenvalue weighted by Crippen LogP contribution is -2.22. The fourth-order valence-electron chi connectivity index (χ4n) is 2.48. The number of rotatable bonds is 7. The molecule has 21 heavy (non-hydrogen) atoms. The molecule has 0 spiro atoms. The summed E-state index contributed by atoms with van der Waals surface area (Å²) in [6.07, 6.45) is 1.96. The van der Waals surface area contributed by atoms with Gasteiger partial charge in [-0.25, -0.2) is 0 Å². The number of nitrogens with zero attached hydrogens (tertiary/aromatic N) is 2. The SMILES string of the molecule is CNC(c1ccccc1)C(C)c1nc(CCC(C)C)no1. The van der Waals surface area contributed by atoms with Gasteiger partial charge in [0.05, 0.1) is 5.92 Å². The Morgan fingerprint density at radius 2 is 1.86 bits per heavy atom. The van der Waals surface area contributed by atoms with Crippen LogP contribution in [0.25, 0.3) is 0 Å². The summed E-state index contributed by atoms with van der Waals surface area (Å²) in [6, 6.07) is 10.5. The molecule has 0 saturated heterocycles. The highest BCUT2D eigenvalue weighted by atomic mass is 16.5. The van der Waals surface area contributed by atoms with Gasteiger partial charge in [0.15, 0.2) is 5.82 Å². The van der Waals surface area contributed by atoms with E-state index >= 15 is 0 Å². The first-order valence-corrected chi connectivity index (χ1v) is 7.66. The molecule has 1 aromatic heterocycles. The third-order valence-corrected chi connectivity index (χ3v) is 3.79. The van der Waals surface area contributed by atoms with Gasteiger partial charge in [-0.2, -0.15) is 4.98 Å². The molecule has 0 bridgehead atoms. The van der Waals surface area contributed by atoms with Crippen LogP contribution in [0.3, 0.4) is 0 Å². The van der Waals surface area contributed by atoms with Gasteiger partial charge in [0.2, 0.25) is 5.89 Å². The van der Waals surface area contributed by atoms with Crippen molar-refractivity contribution in [2.75, 3.05) is 7.05 Å². The number of hydrogen-bond donors (Lipinski definition) is 1. The summed E-state index contributed by atoms with van der Waals surface area (Å²) >= 11 is 0. The van der Waals surface area contributed by atoms with Crippen LogP contribution in [0.15, 0.2) is 34.9 Å². The molecular weight excluding hydrogens is 262 g/mol. The van der Waals surface area contributed by atoms with Crippen molar-refractivity contribution in [3.63, 3.8) is 0 Å². The van der Waals surface area contributed by atoms with Gasteiger partial charge in [0, 0.05) is 12.5 Å². The lowest BCUT2D eigenvalue weighted by Gasteiger charge is -2.21. The molecule has 0 saturated carbocycles. The van der Waals surface area contributed by atoms with E-state index < -0.39 is 0 Å². The third-order valence-electron chi connectivity index (χ3n) is 3.79. The lowest BCUT2D eigenvalue weighted by molar-refractivity contribution is 0.328. The second kappa shape index (κ2) is 7.36. The van der Waals surface area contributed by atoms with Crippen molar-refractivity contribution < 1.29 is 4.52 Å². The fourth-order valence-corrected chi connectivity index (χ4v) is 2.48. The number of benzene rings is 1. The zero-order valence-corrected chi connectivity index (χ0v) is 13.3. The van der Waals surface area contributed by atoms with E-state index in [1.54, 1.807) is 0 Å². The molecular formula is C17H25N3O. The van der Waals surface area contributed by atoms with Crippen molar-refractivity contribution in [3.05, 3.63) is 47.6 Å². The minimum absolute atomic E-state index is 0.137. The largest absolute Gasteiger partial charge is 0.339 e. The van der Waals surface area contributed by atoms with E-state index in [0.717, 1.165) is 18.7 Å². The number of likely N-dealkylation sites (N-methyl/N-ethyl adjacent to an activating group) is 1. The number of hydrogen-bond acceptors (Lipinski definition) is 4. The van der Waals surface area contributed by atoms with Crippen molar-refractivity contribution in [2.45, 2.75) is 45.6 Å². The number of nitrogens with one attached hydrogen (secondary N) is 1. The summed E-state index contributed by atoms with van der Waals surface area (Å²) in [5, 5.41) is 7.45. The van der Waals surface area contributed by atoms with E-state index in [1.807, 2.05) is 25.2 Å². The maximum Gasteiger partial charge on any atom is 0.231 e. The molecule has 2 aromatic rings. The average Bonchev–Trinajstić information content (AvgIpc) is 2.96. The summed E-state index contributed by atoms with van der Waals surface area (Å²) in [4.78, 5) is 4.56. The Bertz CT molecular complexity index is 536. The zero-order chi connectivity index (χ0) is 15.2. The molecule has 4 heteroatoms. The van der Waals surface area contributed by atoms with Crippen LogP contribution in [-0.4, -0.2) is 17.2 Å². The highest BCUT2D eigenvalue weighted by Crippen LogP contribution is 2.29. The van der Waals surface area contributed by atoms with E-state index in [9.17, 15) is 0 Å². The highest BCUT2D eigenvalue weighted by molar-refractivity contribution is 5.21.